The lowest BCUT2D eigenvalue weighted by Crippen LogP contribution is -2.33. The van der Waals surface area contributed by atoms with Crippen LogP contribution in [0.2, 0.25) is 0 Å². The Labute approximate surface area is 185 Å². The minimum atomic E-state index is -0.702. The van der Waals surface area contributed by atoms with Gasteiger partial charge in [-0.2, -0.15) is 0 Å². The molecule has 0 radical (unpaired) electrons. The maximum atomic E-state index is 13.1. The van der Waals surface area contributed by atoms with Crippen LogP contribution in [-0.4, -0.2) is 30.3 Å². The van der Waals surface area contributed by atoms with Gasteiger partial charge in [-0.3, -0.25) is 14.4 Å². The first kappa shape index (κ1) is 20.2. The van der Waals surface area contributed by atoms with E-state index < -0.39 is 18.5 Å². The molecule has 1 saturated carbocycles. The molecule has 1 heterocycles. The average molecular weight is 430 g/mol. The largest absolute Gasteiger partial charge is 0.452 e. The maximum Gasteiger partial charge on any atom is 0.338 e. The first-order valence-electron chi connectivity index (χ1n) is 10.6. The van der Waals surface area contributed by atoms with E-state index in [1.165, 1.54) is 22.6 Å². The molecule has 2 fully saturated rings. The van der Waals surface area contributed by atoms with Gasteiger partial charge in [-0.15, -0.1) is 0 Å². The minimum Gasteiger partial charge on any atom is -0.452 e. The van der Waals surface area contributed by atoms with E-state index in [0.29, 0.717) is 11.4 Å². The summed E-state index contributed by atoms with van der Waals surface area (Å²) in [6.45, 7) is 1.57. The van der Waals surface area contributed by atoms with Gasteiger partial charge in [0.25, 0.3) is 5.91 Å². The summed E-state index contributed by atoms with van der Waals surface area (Å²) in [5.74, 6) is -1.95. The third-order valence-electron chi connectivity index (χ3n) is 6.61. The van der Waals surface area contributed by atoms with Crippen LogP contribution in [0.25, 0.3) is 0 Å². The molecule has 2 aliphatic carbocycles. The number of hydrogen-bond donors (Lipinski definition) is 1. The Morgan fingerprint density at radius 1 is 1.03 bits per heavy atom. The number of amides is 3. The Bertz CT molecular complexity index is 1160. The van der Waals surface area contributed by atoms with Crippen LogP contribution in [-0.2, 0) is 19.1 Å². The summed E-state index contributed by atoms with van der Waals surface area (Å²) >= 11 is 0. The second kappa shape index (κ2) is 7.75. The fourth-order valence-electron chi connectivity index (χ4n) is 5.23. The van der Waals surface area contributed by atoms with Crippen molar-refractivity contribution in [2.75, 3.05) is 16.8 Å². The van der Waals surface area contributed by atoms with Crippen LogP contribution < -0.4 is 10.2 Å². The van der Waals surface area contributed by atoms with Gasteiger partial charge in [-0.1, -0.05) is 35.9 Å². The molecule has 2 bridgehead atoms. The number of allylic oxidation sites excluding steroid dienone is 2. The second-order valence-corrected chi connectivity index (χ2v) is 8.52. The number of fused-ring (bicyclic) bond motifs is 5. The summed E-state index contributed by atoms with van der Waals surface area (Å²) in [7, 11) is 0. The minimum absolute atomic E-state index is 0.114. The van der Waals surface area contributed by atoms with E-state index in [1.807, 2.05) is 13.0 Å². The molecule has 0 spiro atoms. The predicted octanol–water partition coefficient (Wildman–Crippen LogP) is 3.18. The van der Waals surface area contributed by atoms with Gasteiger partial charge in [0.2, 0.25) is 11.8 Å². The Morgan fingerprint density at radius 3 is 2.56 bits per heavy atom. The van der Waals surface area contributed by atoms with Crippen LogP contribution in [0, 0.1) is 23.7 Å². The van der Waals surface area contributed by atoms with Gasteiger partial charge in [0, 0.05) is 5.69 Å². The maximum absolute atomic E-state index is 13.1. The van der Waals surface area contributed by atoms with E-state index in [9.17, 15) is 19.2 Å². The third-order valence-corrected chi connectivity index (χ3v) is 6.61. The lowest BCUT2D eigenvalue weighted by molar-refractivity contribution is -0.123. The van der Waals surface area contributed by atoms with Crippen molar-refractivity contribution in [1.82, 2.24) is 0 Å². The smallest absolute Gasteiger partial charge is 0.338 e. The molecule has 32 heavy (non-hydrogen) atoms. The normalized spacial score (nSPS) is 25.5. The van der Waals surface area contributed by atoms with Crippen molar-refractivity contribution in [3.63, 3.8) is 0 Å². The van der Waals surface area contributed by atoms with Crippen LogP contribution >= 0.6 is 0 Å². The molecule has 0 unspecified atom stereocenters. The standard InChI is InChI=1S/C25H22N2O5/c1-14-10-16-12-19(14)22-21(16)23(29)27(24(22)30)18-9-5-6-15(11-18)25(31)32-13-20(28)26-17-7-3-2-4-8-17/h2-11,16,19,21-22H,12-13H2,1H3,(H,26,28)/t16-,19+,21-,22+/m0/s1. The van der Waals surface area contributed by atoms with Gasteiger partial charge in [-0.25, -0.2) is 9.69 Å². The molecule has 5 rings (SSSR count). The second-order valence-electron chi connectivity index (χ2n) is 8.52. The fraction of sp³-hybridized carbons (Fsp3) is 0.280. The highest BCUT2D eigenvalue weighted by Gasteiger charge is 2.60. The Morgan fingerprint density at radius 2 is 1.78 bits per heavy atom. The van der Waals surface area contributed by atoms with Gasteiger partial charge in [0.1, 0.15) is 0 Å². The highest BCUT2D eigenvalue weighted by molar-refractivity contribution is 6.23. The first-order valence-corrected chi connectivity index (χ1v) is 10.6. The zero-order chi connectivity index (χ0) is 22.4. The molecule has 1 aliphatic heterocycles. The number of ether oxygens (including phenoxy) is 1. The van der Waals surface area contributed by atoms with Crippen molar-refractivity contribution < 1.29 is 23.9 Å². The first-order chi connectivity index (χ1) is 15.4. The Balaban J connectivity index is 1.27. The van der Waals surface area contributed by atoms with E-state index in [0.717, 1.165) is 6.42 Å². The van der Waals surface area contributed by atoms with Crippen LogP contribution in [0.3, 0.4) is 0 Å². The van der Waals surface area contributed by atoms with E-state index >= 15 is 0 Å². The molecule has 2 aromatic rings. The highest BCUT2D eigenvalue weighted by Crippen LogP contribution is 2.55. The van der Waals surface area contributed by atoms with Crippen molar-refractivity contribution in [2.45, 2.75) is 13.3 Å². The quantitative estimate of drug-likeness (QED) is 0.447. The molecule has 7 nitrogen and oxygen atoms in total. The van der Waals surface area contributed by atoms with Crippen LogP contribution in [0.15, 0.2) is 66.2 Å². The molecule has 0 aromatic heterocycles. The number of hydrogen-bond acceptors (Lipinski definition) is 5. The third kappa shape index (κ3) is 3.30. The summed E-state index contributed by atoms with van der Waals surface area (Å²) in [5.41, 5.74) is 2.32. The summed E-state index contributed by atoms with van der Waals surface area (Å²) in [6, 6.07) is 15.1. The molecule has 7 heteroatoms. The molecular formula is C25H22N2O5. The topological polar surface area (TPSA) is 92.8 Å². The number of esters is 1. The molecule has 1 N–H and O–H groups in total. The molecule has 2 aromatic carbocycles. The molecule has 162 valence electrons. The fourth-order valence-corrected chi connectivity index (χ4v) is 5.23. The SMILES string of the molecule is CC1=C[C@H]2C[C@H]1[C@H]1C(=O)N(c3cccc(C(=O)OCC(=O)Nc4ccccc4)c3)C(=O)[C@H]12. The number of imide groups is 1. The predicted molar refractivity (Wildman–Crippen MR) is 117 cm³/mol. The number of nitrogens with zero attached hydrogens (tertiary/aromatic N) is 1. The van der Waals surface area contributed by atoms with Crippen molar-refractivity contribution in [2.24, 2.45) is 23.7 Å². The van der Waals surface area contributed by atoms with E-state index in [2.05, 4.69) is 11.4 Å². The van der Waals surface area contributed by atoms with E-state index in [-0.39, 0.29) is 41.0 Å². The highest BCUT2D eigenvalue weighted by atomic mass is 16.5. The van der Waals surface area contributed by atoms with E-state index in [4.69, 9.17) is 4.74 Å². The Kier molecular flexibility index (Phi) is 4.89. The van der Waals surface area contributed by atoms with Gasteiger partial charge >= 0.3 is 5.97 Å². The van der Waals surface area contributed by atoms with Crippen LogP contribution in [0.1, 0.15) is 23.7 Å². The number of carbonyl (C=O) groups is 4. The van der Waals surface area contributed by atoms with Gasteiger partial charge in [-0.05, 0) is 55.5 Å². The van der Waals surface area contributed by atoms with Gasteiger partial charge < -0.3 is 10.1 Å². The van der Waals surface area contributed by atoms with Crippen LogP contribution in [0.5, 0.6) is 0 Å². The van der Waals surface area contributed by atoms with E-state index in [1.54, 1.807) is 36.4 Å². The lowest BCUT2D eigenvalue weighted by Gasteiger charge is -2.19. The Hall–Kier alpha value is -3.74. The van der Waals surface area contributed by atoms with Crippen LogP contribution in [0.4, 0.5) is 11.4 Å². The summed E-state index contributed by atoms with van der Waals surface area (Å²) in [4.78, 5) is 51.9. The number of benzene rings is 2. The molecule has 1 saturated heterocycles. The number of rotatable bonds is 5. The number of para-hydroxylation sites is 1. The summed E-state index contributed by atoms with van der Waals surface area (Å²) < 4.78 is 5.12. The number of carbonyl (C=O) groups excluding carboxylic acids is 4. The summed E-state index contributed by atoms with van der Waals surface area (Å²) in [6.07, 6.45) is 2.98. The van der Waals surface area contributed by atoms with Crippen molar-refractivity contribution in [3.8, 4) is 0 Å². The van der Waals surface area contributed by atoms with Gasteiger partial charge in [0.15, 0.2) is 6.61 Å². The molecule has 3 aliphatic rings. The average Bonchev–Trinajstić information content (AvgIpc) is 3.43. The molecule has 4 atom stereocenters. The summed E-state index contributed by atoms with van der Waals surface area (Å²) in [5, 5.41) is 2.64. The van der Waals surface area contributed by atoms with Crippen molar-refractivity contribution >= 4 is 35.1 Å². The van der Waals surface area contributed by atoms with Gasteiger partial charge in [0.05, 0.1) is 23.1 Å². The number of nitrogens with one attached hydrogen (secondary N) is 1. The van der Waals surface area contributed by atoms with Crippen molar-refractivity contribution in [3.05, 3.63) is 71.8 Å². The lowest BCUT2D eigenvalue weighted by atomic mass is 9.82. The molecule has 3 amide bonds. The number of anilines is 2. The molecular weight excluding hydrogens is 408 g/mol. The van der Waals surface area contributed by atoms with Crippen molar-refractivity contribution in [1.29, 1.82) is 0 Å². The zero-order valence-corrected chi connectivity index (χ0v) is 17.5. The monoisotopic (exact) mass is 430 g/mol. The zero-order valence-electron chi connectivity index (χ0n) is 17.5.